The summed E-state index contributed by atoms with van der Waals surface area (Å²) in [5.74, 6) is 0.236. The first kappa shape index (κ1) is 8.47. The number of Topliss-reactive ketones (excluding diaryl/α,β-unsaturated/α-hetero) is 1. The first-order valence-corrected chi connectivity index (χ1v) is 4.15. The van der Waals surface area contributed by atoms with Gasteiger partial charge in [0.1, 0.15) is 0 Å². The lowest BCUT2D eigenvalue weighted by atomic mass is 9.99. The largest absolute Gasteiger partial charge is 0.298 e. The van der Waals surface area contributed by atoms with Gasteiger partial charge in [-0.05, 0) is 12.8 Å². The molecule has 0 saturated carbocycles. The third-order valence-electron chi connectivity index (χ3n) is 1.95. The maximum absolute atomic E-state index is 11.2. The molecule has 1 saturated heterocycles. The van der Waals surface area contributed by atoms with Crippen LogP contribution in [0.2, 0.25) is 0 Å². The Labute approximate surface area is 67.7 Å². The van der Waals surface area contributed by atoms with Gasteiger partial charge >= 0.3 is 0 Å². The smallest absolute Gasteiger partial charge is 0.155 e. The lowest BCUT2D eigenvalue weighted by Gasteiger charge is -2.19. The first-order chi connectivity index (χ1) is 5.34. The van der Waals surface area contributed by atoms with Crippen molar-refractivity contribution < 1.29 is 4.79 Å². The minimum absolute atomic E-state index is 0.0123. The van der Waals surface area contributed by atoms with Gasteiger partial charge in [-0.1, -0.05) is 12.5 Å². The number of piperidine rings is 1. The number of hydrogen-bond donors (Lipinski definition) is 0. The molecule has 0 spiro atoms. The zero-order valence-electron chi connectivity index (χ0n) is 6.75. The van der Waals surface area contributed by atoms with Crippen molar-refractivity contribution in [2.75, 3.05) is 6.54 Å². The zero-order valence-corrected chi connectivity index (χ0v) is 6.75. The molecule has 1 aliphatic heterocycles. The second kappa shape index (κ2) is 4.29. The van der Waals surface area contributed by atoms with E-state index >= 15 is 0 Å². The van der Waals surface area contributed by atoms with E-state index in [1.807, 2.05) is 0 Å². The molecule has 1 unspecified atom stereocenters. The fourth-order valence-electron chi connectivity index (χ4n) is 1.33. The first-order valence-electron chi connectivity index (χ1n) is 4.15. The molecule has 0 bridgehead atoms. The molecule has 1 rings (SSSR count). The molecule has 1 radical (unpaired) electrons. The highest BCUT2D eigenvalue weighted by Crippen LogP contribution is 2.10. The number of rotatable bonds is 3. The predicted molar refractivity (Wildman–Crippen MR) is 44.5 cm³/mol. The lowest BCUT2D eigenvalue weighted by Crippen LogP contribution is -2.34. The van der Waals surface area contributed by atoms with E-state index in [9.17, 15) is 4.79 Å². The highest BCUT2D eigenvalue weighted by molar-refractivity contribution is 5.85. The van der Waals surface area contributed by atoms with Crippen molar-refractivity contribution >= 4 is 5.78 Å². The van der Waals surface area contributed by atoms with Crippen molar-refractivity contribution in [3.8, 4) is 0 Å². The normalized spacial score (nSPS) is 24.5. The summed E-state index contributed by atoms with van der Waals surface area (Å²) < 4.78 is 0. The molecule has 0 aliphatic carbocycles. The van der Waals surface area contributed by atoms with Crippen LogP contribution in [0.3, 0.4) is 0 Å². The van der Waals surface area contributed by atoms with E-state index in [0.717, 1.165) is 25.8 Å². The number of hydrogen-bond acceptors (Lipinski definition) is 1. The summed E-state index contributed by atoms with van der Waals surface area (Å²) in [7, 11) is 0. The predicted octanol–water partition coefficient (Wildman–Crippen LogP) is 1.29. The molecule has 2 nitrogen and oxygen atoms in total. The number of carbonyl (C=O) groups excluding carboxylic acids is 1. The summed E-state index contributed by atoms with van der Waals surface area (Å²) in [4.78, 5) is 11.2. The Kier molecular flexibility index (Phi) is 3.30. The van der Waals surface area contributed by atoms with Crippen LogP contribution in [-0.2, 0) is 4.79 Å². The third-order valence-corrected chi connectivity index (χ3v) is 1.95. The van der Waals surface area contributed by atoms with Gasteiger partial charge in [0.05, 0.1) is 6.04 Å². The van der Waals surface area contributed by atoms with Gasteiger partial charge in [0.25, 0.3) is 0 Å². The van der Waals surface area contributed by atoms with Crippen molar-refractivity contribution in [2.45, 2.75) is 31.7 Å². The molecule has 2 heteroatoms. The van der Waals surface area contributed by atoms with E-state index in [2.05, 4.69) is 11.9 Å². The van der Waals surface area contributed by atoms with Gasteiger partial charge in [-0.15, -0.1) is 6.58 Å². The number of nitrogens with zero attached hydrogens (tertiary/aromatic N) is 1. The van der Waals surface area contributed by atoms with Crippen LogP contribution in [-0.4, -0.2) is 18.4 Å². The van der Waals surface area contributed by atoms with E-state index in [4.69, 9.17) is 0 Å². The van der Waals surface area contributed by atoms with Crippen LogP contribution in [0.4, 0.5) is 0 Å². The number of allylic oxidation sites excluding steroid dienone is 1. The number of carbonyl (C=O) groups is 1. The van der Waals surface area contributed by atoms with Crippen LogP contribution >= 0.6 is 0 Å². The molecule has 1 fully saturated rings. The molecule has 0 N–H and O–H groups in total. The Morgan fingerprint density at radius 2 is 2.45 bits per heavy atom. The maximum atomic E-state index is 11.2. The molecular weight excluding hydrogens is 138 g/mol. The summed E-state index contributed by atoms with van der Waals surface area (Å²) in [5, 5.41) is 4.25. The SMILES string of the molecule is C=CCC(=O)C1CCCC[N]1. The Morgan fingerprint density at radius 1 is 1.64 bits per heavy atom. The molecule has 0 aromatic carbocycles. The quantitative estimate of drug-likeness (QED) is 0.560. The topological polar surface area (TPSA) is 31.2 Å². The molecule has 1 aliphatic rings. The summed E-state index contributed by atoms with van der Waals surface area (Å²) in [6.07, 6.45) is 5.39. The van der Waals surface area contributed by atoms with Gasteiger partial charge in [-0.3, -0.25) is 4.79 Å². The van der Waals surface area contributed by atoms with Crippen LogP contribution in [0.5, 0.6) is 0 Å². The molecule has 61 valence electrons. The minimum atomic E-state index is -0.0123. The zero-order chi connectivity index (χ0) is 8.10. The third kappa shape index (κ3) is 2.46. The highest BCUT2D eigenvalue weighted by Gasteiger charge is 2.19. The van der Waals surface area contributed by atoms with Crippen molar-refractivity contribution in [1.82, 2.24) is 5.32 Å². The number of ketones is 1. The molecule has 0 amide bonds. The van der Waals surface area contributed by atoms with Crippen LogP contribution in [0.15, 0.2) is 12.7 Å². The molecule has 11 heavy (non-hydrogen) atoms. The van der Waals surface area contributed by atoms with Crippen molar-refractivity contribution in [3.63, 3.8) is 0 Å². The molecule has 0 aromatic heterocycles. The van der Waals surface area contributed by atoms with Crippen molar-refractivity contribution in [2.24, 2.45) is 0 Å². The summed E-state index contributed by atoms with van der Waals surface area (Å²) >= 11 is 0. The van der Waals surface area contributed by atoms with Gasteiger partial charge in [0.15, 0.2) is 5.78 Å². The van der Waals surface area contributed by atoms with Crippen LogP contribution < -0.4 is 5.32 Å². The van der Waals surface area contributed by atoms with Gasteiger partial charge in [-0.25, -0.2) is 5.32 Å². The summed E-state index contributed by atoms with van der Waals surface area (Å²) in [6, 6.07) is -0.0123. The van der Waals surface area contributed by atoms with Gasteiger partial charge < -0.3 is 0 Å². The van der Waals surface area contributed by atoms with Crippen LogP contribution in [0, 0.1) is 0 Å². The minimum Gasteiger partial charge on any atom is -0.298 e. The van der Waals surface area contributed by atoms with E-state index in [-0.39, 0.29) is 11.8 Å². The highest BCUT2D eigenvalue weighted by atomic mass is 16.1. The van der Waals surface area contributed by atoms with Gasteiger partial charge in [0, 0.05) is 13.0 Å². The molecule has 1 heterocycles. The van der Waals surface area contributed by atoms with Gasteiger partial charge in [0.2, 0.25) is 0 Å². The maximum Gasteiger partial charge on any atom is 0.155 e. The van der Waals surface area contributed by atoms with Crippen LogP contribution in [0.25, 0.3) is 0 Å². The monoisotopic (exact) mass is 152 g/mol. The Bertz CT molecular complexity index is 148. The standard InChI is InChI=1S/C9H14NO/c1-2-5-9(11)8-6-3-4-7-10-8/h2,8H,1,3-7H2. The Morgan fingerprint density at radius 3 is 3.00 bits per heavy atom. The second-order valence-electron chi connectivity index (χ2n) is 2.88. The molecule has 0 aromatic rings. The Hall–Kier alpha value is -0.630. The average Bonchev–Trinajstić information content (AvgIpc) is 2.07. The molecule has 1 atom stereocenters. The lowest BCUT2D eigenvalue weighted by molar-refractivity contribution is -0.120. The van der Waals surface area contributed by atoms with E-state index in [0.29, 0.717) is 6.42 Å². The van der Waals surface area contributed by atoms with E-state index < -0.39 is 0 Å². The van der Waals surface area contributed by atoms with Gasteiger partial charge in [-0.2, -0.15) is 0 Å². The fraction of sp³-hybridized carbons (Fsp3) is 0.667. The van der Waals surface area contributed by atoms with E-state index in [1.165, 1.54) is 0 Å². The molecular formula is C9H14NO. The van der Waals surface area contributed by atoms with Crippen molar-refractivity contribution in [3.05, 3.63) is 12.7 Å². The fourth-order valence-corrected chi connectivity index (χ4v) is 1.33. The summed E-state index contributed by atoms with van der Waals surface area (Å²) in [6.45, 7) is 4.40. The van der Waals surface area contributed by atoms with E-state index in [1.54, 1.807) is 6.08 Å². The summed E-state index contributed by atoms with van der Waals surface area (Å²) in [5.41, 5.74) is 0. The van der Waals surface area contributed by atoms with Crippen LogP contribution in [0.1, 0.15) is 25.7 Å². The average molecular weight is 152 g/mol. The second-order valence-corrected chi connectivity index (χ2v) is 2.88. The van der Waals surface area contributed by atoms with Crippen molar-refractivity contribution in [1.29, 1.82) is 0 Å². The Balaban J connectivity index is 2.32.